The number of aromatic nitrogens is 3. The smallest absolute Gasteiger partial charge is 0.321 e. The molecule has 1 aromatic heterocycles. The summed E-state index contributed by atoms with van der Waals surface area (Å²) < 4.78 is 27.9. The molecule has 118 valence electrons. The van der Waals surface area contributed by atoms with E-state index in [1.165, 1.54) is 17.9 Å². The van der Waals surface area contributed by atoms with Crippen LogP contribution < -0.4 is 10.6 Å². The molecular weight excluding hydrogens is 296 g/mol. The molecular formula is C13H15F2N5O2. The molecule has 9 heteroatoms. The molecule has 0 spiro atoms. The Bertz CT molecular complexity index is 687. The Labute approximate surface area is 125 Å². The lowest BCUT2D eigenvalue weighted by Gasteiger charge is -2.24. The third-order valence-electron chi connectivity index (χ3n) is 3.04. The molecule has 0 radical (unpaired) electrons. The topological polar surface area (TPSA) is 92.1 Å². The molecule has 0 saturated heterocycles. The van der Waals surface area contributed by atoms with Gasteiger partial charge in [0.1, 0.15) is 23.6 Å². The number of benzene rings is 1. The number of halogens is 2. The molecule has 3 N–H and O–H groups in total. The van der Waals surface area contributed by atoms with Crippen LogP contribution in [0.2, 0.25) is 0 Å². The van der Waals surface area contributed by atoms with E-state index in [0.29, 0.717) is 6.07 Å². The number of rotatable bonds is 4. The van der Waals surface area contributed by atoms with E-state index < -0.39 is 23.3 Å². The van der Waals surface area contributed by atoms with Gasteiger partial charge in [-0.05, 0) is 13.0 Å². The molecule has 22 heavy (non-hydrogen) atoms. The Hall–Kier alpha value is -2.55. The second-order valence-corrected chi connectivity index (χ2v) is 4.91. The van der Waals surface area contributed by atoms with Crippen LogP contribution in [0.25, 0.3) is 0 Å². The molecule has 1 atom stereocenters. The maximum atomic E-state index is 13.7. The van der Waals surface area contributed by atoms with Crippen molar-refractivity contribution in [2.75, 3.05) is 11.9 Å². The van der Waals surface area contributed by atoms with E-state index in [0.717, 1.165) is 12.1 Å². The number of anilines is 1. The summed E-state index contributed by atoms with van der Waals surface area (Å²) >= 11 is 0. The number of hydrogen-bond donors (Lipinski definition) is 3. The van der Waals surface area contributed by atoms with Crippen molar-refractivity contribution in [1.29, 1.82) is 0 Å². The minimum Gasteiger partial charge on any atom is -0.383 e. The first-order chi connectivity index (χ1) is 10.3. The number of hydrogen-bond acceptors (Lipinski definition) is 4. The average Bonchev–Trinajstić information content (AvgIpc) is 2.82. The van der Waals surface area contributed by atoms with Gasteiger partial charge in [-0.2, -0.15) is 10.1 Å². The van der Waals surface area contributed by atoms with E-state index in [1.807, 2.05) is 0 Å². The van der Waals surface area contributed by atoms with Crippen LogP contribution in [-0.2, 0) is 12.6 Å². The number of nitrogens with one attached hydrogen (secondary N) is 2. The van der Waals surface area contributed by atoms with E-state index in [-0.39, 0.29) is 18.1 Å². The number of urea groups is 1. The first kappa shape index (κ1) is 15.8. The standard InChI is InChI=1S/C13H15F2N5O2/c1-13(22,9-4-3-8(14)5-10(9)15)6-16-12(21)19-11-17-7-18-20(11)2/h3-5,7,22H,6H2,1-2H3,(H2,16,17,18,19,21). The second kappa shape index (κ2) is 6.06. The van der Waals surface area contributed by atoms with Crippen molar-refractivity contribution in [3.8, 4) is 0 Å². The lowest BCUT2D eigenvalue weighted by molar-refractivity contribution is 0.0561. The molecule has 0 aliphatic carbocycles. The summed E-state index contributed by atoms with van der Waals surface area (Å²) in [5.41, 5.74) is -1.82. The zero-order chi connectivity index (χ0) is 16.3. The number of carbonyl (C=O) groups is 1. The molecule has 1 unspecified atom stereocenters. The predicted octanol–water partition coefficient (Wildman–Crippen LogP) is 1.12. The van der Waals surface area contributed by atoms with Crippen LogP contribution in [0.15, 0.2) is 24.5 Å². The van der Waals surface area contributed by atoms with Crippen molar-refractivity contribution >= 4 is 12.0 Å². The molecule has 1 aromatic carbocycles. The number of amides is 2. The van der Waals surface area contributed by atoms with Gasteiger partial charge < -0.3 is 10.4 Å². The van der Waals surface area contributed by atoms with Gasteiger partial charge in [0.2, 0.25) is 5.95 Å². The minimum absolute atomic E-state index is 0.118. The highest BCUT2D eigenvalue weighted by molar-refractivity contribution is 5.87. The SMILES string of the molecule is Cn1ncnc1NC(=O)NCC(C)(O)c1ccc(F)cc1F. The first-order valence-corrected chi connectivity index (χ1v) is 6.36. The fourth-order valence-corrected chi connectivity index (χ4v) is 1.83. The fourth-order valence-electron chi connectivity index (χ4n) is 1.83. The Morgan fingerprint density at radius 3 is 2.77 bits per heavy atom. The summed E-state index contributed by atoms with van der Waals surface area (Å²) in [5, 5.41) is 18.8. The van der Waals surface area contributed by atoms with E-state index >= 15 is 0 Å². The van der Waals surface area contributed by atoms with Gasteiger partial charge in [0.25, 0.3) is 0 Å². The van der Waals surface area contributed by atoms with Gasteiger partial charge in [0.15, 0.2) is 0 Å². The number of aliphatic hydroxyl groups is 1. The maximum Gasteiger partial charge on any atom is 0.321 e. The third-order valence-corrected chi connectivity index (χ3v) is 3.04. The van der Waals surface area contributed by atoms with Crippen molar-refractivity contribution in [2.45, 2.75) is 12.5 Å². The van der Waals surface area contributed by atoms with Crippen molar-refractivity contribution in [3.05, 3.63) is 41.7 Å². The van der Waals surface area contributed by atoms with Crippen LogP contribution in [0.5, 0.6) is 0 Å². The zero-order valence-corrected chi connectivity index (χ0v) is 12.0. The molecule has 0 aliphatic rings. The normalized spacial score (nSPS) is 13.5. The lowest BCUT2D eigenvalue weighted by Crippen LogP contribution is -2.41. The molecule has 2 rings (SSSR count). The Balaban J connectivity index is 2.00. The van der Waals surface area contributed by atoms with Gasteiger partial charge in [-0.1, -0.05) is 6.07 Å². The highest BCUT2D eigenvalue weighted by atomic mass is 19.1. The third kappa shape index (κ3) is 3.55. The van der Waals surface area contributed by atoms with E-state index in [1.54, 1.807) is 7.05 Å². The summed E-state index contributed by atoms with van der Waals surface area (Å²) in [4.78, 5) is 15.5. The van der Waals surface area contributed by atoms with Crippen LogP contribution >= 0.6 is 0 Å². The second-order valence-electron chi connectivity index (χ2n) is 4.91. The van der Waals surface area contributed by atoms with Crippen LogP contribution in [0, 0.1) is 11.6 Å². The zero-order valence-electron chi connectivity index (χ0n) is 12.0. The van der Waals surface area contributed by atoms with Crippen LogP contribution in [-0.4, -0.2) is 32.4 Å². The molecule has 2 aromatic rings. The first-order valence-electron chi connectivity index (χ1n) is 6.36. The monoisotopic (exact) mass is 311 g/mol. The van der Waals surface area contributed by atoms with Crippen molar-refractivity contribution in [1.82, 2.24) is 20.1 Å². The molecule has 0 bridgehead atoms. The van der Waals surface area contributed by atoms with Crippen LogP contribution in [0.4, 0.5) is 19.5 Å². The van der Waals surface area contributed by atoms with Crippen LogP contribution in [0.1, 0.15) is 12.5 Å². The van der Waals surface area contributed by atoms with E-state index in [2.05, 4.69) is 20.7 Å². The fraction of sp³-hybridized carbons (Fsp3) is 0.308. The van der Waals surface area contributed by atoms with Crippen molar-refractivity contribution in [3.63, 3.8) is 0 Å². The highest BCUT2D eigenvalue weighted by Crippen LogP contribution is 2.23. The summed E-state index contributed by atoms with van der Waals surface area (Å²) in [6.07, 6.45) is 1.26. The molecule has 0 saturated carbocycles. The number of carbonyl (C=O) groups excluding carboxylic acids is 1. The molecule has 7 nitrogen and oxygen atoms in total. The van der Waals surface area contributed by atoms with E-state index in [4.69, 9.17) is 0 Å². The van der Waals surface area contributed by atoms with Gasteiger partial charge in [-0.3, -0.25) is 5.32 Å². The van der Waals surface area contributed by atoms with Crippen LogP contribution in [0.3, 0.4) is 0 Å². The molecule has 1 heterocycles. The molecule has 0 aliphatic heterocycles. The number of aryl methyl sites for hydroxylation is 1. The Morgan fingerprint density at radius 2 is 2.18 bits per heavy atom. The van der Waals surface area contributed by atoms with Crippen molar-refractivity contribution in [2.24, 2.45) is 7.05 Å². The minimum atomic E-state index is -1.70. The Morgan fingerprint density at radius 1 is 1.45 bits per heavy atom. The van der Waals surface area contributed by atoms with Crippen molar-refractivity contribution < 1.29 is 18.7 Å². The quantitative estimate of drug-likeness (QED) is 0.789. The maximum absolute atomic E-state index is 13.7. The van der Waals surface area contributed by atoms with E-state index in [9.17, 15) is 18.7 Å². The van der Waals surface area contributed by atoms with Gasteiger partial charge in [0.05, 0.1) is 6.54 Å². The van der Waals surface area contributed by atoms with Gasteiger partial charge in [0, 0.05) is 18.7 Å². The molecule has 2 amide bonds. The summed E-state index contributed by atoms with van der Waals surface area (Å²) in [5.74, 6) is -1.42. The largest absolute Gasteiger partial charge is 0.383 e. The number of nitrogens with zero attached hydrogens (tertiary/aromatic N) is 3. The summed E-state index contributed by atoms with van der Waals surface area (Å²) in [7, 11) is 1.59. The van der Waals surface area contributed by atoms with Gasteiger partial charge >= 0.3 is 6.03 Å². The lowest BCUT2D eigenvalue weighted by atomic mass is 9.95. The molecule has 0 fully saturated rings. The summed E-state index contributed by atoms with van der Waals surface area (Å²) in [6.45, 7) is 1.03. The van der Waals surface area contributed by atoms with Gasteiger partial charge in [-0.25, -0.2) is 18.3 Å². The average molecular weight is 311 g/mol. The Kier molecular flexibility index (Phi) is 4.36. The summed E-state index contributed by atoms with van der Waals surface area (Å²) in [6, 6.07) is 2.20. The predicted molar refractivity (Wildman–Crippen MR) is 74.0 cm³/mol. The van der Waals surface area contributed by atoms with Gasteiger partial charge in [-0.15, -0.1) is 0 Å². The highest BCUT2D eigenvalue weighted by Gasteiger charge is 2.27.